The third-order valence-electron chi connectivity index (χ3n) is 3.28. The number of H-pyrrole nitrogens is 1. The van der Waals surface area contributed by atoms with Crippen molar-refractivity contribution < 1.29 is 9.53 Å². The van der Waals surface area contributed by atoms with Crippen LogP contribution in [0.3, 0.4) is 0 Å². The van der Waals surface area contributed by atoms with Crippen LogP contribution in [-0.2, 0) is 0 Å². The number of hydrogen-bond donors (Lipinski definition) is 1. The summed E-state index contributed by atoms with van der Waals surface area (Å²) in [7, 11) is 1.61. The number of para-hydroxylation sites is 1. The molecule has 3 aromatic rings. The zero-order chi connectivity index (χ0) is 14.7. The van der Waals surface area contributed by atoms with E-state index in [1.165, 1.54) is 11.8 Å². The summed E-state index contributed by atoms with van der Waals surface area (Å²) in [6.07, 6.45) is 0. The molecule has 0 aliphatic carbocycles. The van der Waals surface area contributed by atoms with Gasteiger partial charge < -0.3 is 9.72 Å². The van der Waals surface area contributed by atoms with E-state index in [9.17, 15) is 4.79 Å². The molecule has 0 atom stereocenters. The van der Waals surface area contributed by atoms with Gasteiger partial charge in [0.25, 0.3) is 0 Å². The standard InChI is InChI=1S/C17H15NO2S/c1-20-14-8-6-12(7-9-14)16(19)11-21-17-10-13-4-2-3-5-15(13)18-17/h2-10,18H,11H2,1H3. The first-order valence-corrected chi connectivity index (χ1v) is 7.62. The molecular weight excluding hydrogens is 282 g/mol. The molecule has 3 nitrogen and oxygen atoms in total. The van der Waals surface area contributed by atoms with Gasteiger partial charge in [-0.2, -0.15) is 0 Å². The lowest BCUT2D eigenvalue weighted by atomic mass is 10.1. The van der Waals surface area contributed by atoms with Gasteiger partial charge in [-0.1, -0.05) is 18.2 Å². The van der Waals surface area contributed by atoms with E-state index in [4.69, 9.17) is 4.74 Å². The molecule has 0 radical (unpaired) electrons. The molecule has 3 rings (SSSR count). The second kappa shape index (κ2) is 6.06. The van der Waals surface area contributed by atoms with Crippen LogP contribution in [0.4, 0.5) is 0 Å². The molecule has 0 aliphatic heterocycles. The monoisotopic (exact) mass is 297 g/mol. The van der Waals surface area contributed by atoms with Crippen molar-refractivity contribution >= 4 is 28.4 Å². The second-order valence-electron chi connectivity index (χ2n) is 4.66. The van der Waals surface area contributed by atoms with Gasteiger partial charge in [0.1, 0.15) is 5.75 Å². The molecule has 1 N–H and O–H groups in total. The van der Waals surface area contributed by atoms with E-state index in [0.717, 1.165) is 21.7 Å². The molecular formula is C17H15NO2S. The van der Waals surface area contributed by atoms with E-state index in [0.29, 0.717) is 11.3 Å². The fourth-order valence-electron chi connectivity index (χ4n) is 2.13. The first-order valence-electron chi connectivity index (χ1n) is 6.64. The van der Waals surface area contributed by atoms with Crippen LogP contribution in [0, 0.1) is 0 Å². The third-order valence-corrected chi connectivity index (χ3v) is 4.21. The Balaban J connectivity index is 1.67. The van der Waals surface area contributed by atoms with Crippen LogP contribution >= 0.6 is 11.8 Å². The molecule has 0 aliphatic rings. The molecule has 0 saturated carbocycles. The number of aromatic nitrogens is 1. The molecule has 106 valence electrons. The predicted molar refractivity (Wildman–Crippen MR) is 86.3 cm³/mol. The van der Waals surface area contributed by atoms with Gasteiger partial charge in [0, 0.05) is 16.5 Å². The van der Waals surface area contributed by atoms with Crippen LogP contribution < -0.4 is 4.74 Å². The lowest BCUT2D eigenvalue weighted by Crippen LogP contribution is -2.02. The maximum atomic E-state index is 12.2. The summed E-state index contributed by atoms with van der Waals surface area (Å²) in [5.41, 5.74) is 1.80. The predicted octanol–water partition coefficient (Wildman–Crippen LogP) is 4.15. The van der Waals surface area contributed by atoms with Crippen LogP contribution in [0.2, 0.25) is 0 Å². The molecule has 0 unspecified atom stereocenters. The molecule has 0 fully saturated rings. The highest BCUT2D eigenvalue weighted by molar-refractivity contribution is 7.99. The fraction of sp³-hybridized carbons (Fsp3) is 0.118. The number of aromatic amines is 1. The van der Waals surface area contributed by atoms with E-state index in [1.807, 2.05) is 18.2 Å². The van der Waals surface area contributed by atoms with Crippen LogP contribution in [-0.4, -0.2) is 23.6 Å². The van der Waals surface area contributed by atoms with E-state index in [-0.39, 0.29) is 5.78 Å². The maximum absolute atomic E-state index is 12.2. The quantitative estimate of drug-likeness (QED) is 0.568. The number of ether oxygens (including phenoxy) is 1. The molecule has 0 bridgehead atoms. The van der Waals surface area contributed by atoms with E-state index in [1.54, 1.807) is 31.4 Å². The summed E-state index contributed by atoms with van der Waals surface area (Å²) in [6.45, 7) is 0. The lowest BCUT2D eigenvalue weighted by Gasteiger charge is -2.02. The number of fused-ring (bicyclic) bond motifs is 1. The molecule has 4 heteroatoms. The van der Waals surface area contributed by atoms with Crippen molar-refractivity contribution in [3.63, 3.8) is 0 Å². The van der Waals surface area contributed by atoms with Crippen LogP contribution in [0.15, 0.2) is 59.6 Å². The van der Waals surface area contributed by atoms with Gasteiger partial charge in [-0.25, -0.2) is 0 Å². The number of thioether (sulfide) groups is 1. The van der Waals surface area contributed by atoms with Crippen molar-refractivity contribution in [3.8, 4) is 5.75 Å². The number of Topliss-reactive ketones (excluding diaryl/α,β-unsaturated/α-hetero) is 1. The number of carbonyl (C=O) groups is 1. The Morgan fingerprint density at radius 3 is 2.62 bits per heavy atom. The van der Waals surface area contributed by atoms with Crippen molar-refractivity contribution in [3.05, 3.63) is 60.2 Å². The van der Waals surface area contributed by atoms with Gasteiger partial charge in [-0.05, 0) is 36.4 Å². The molecule has 0 amide bonds. The molecule has 2 aromatic carbocycles. The van der Waals surface area contributed by atoms with Gasteiger partial charge in [0.05, 0.1) is 17.9 Å². The smallest absolute Gasteiger partial charge is 0.173 e. The minimum atomic E-state index is 0.112. The summed E-state index contributed by atoms with van der Waals surface area (Å²) in [5.74, 6) is 1.29. The number of benzene rings is 2. The SMILES string of the molecule is COc1ccc(C(=O)CSc2cc3ccccc3[nH]2)cc1. The Labute approximate surface area is 127 Å². The highest BCUT2D eigenvalue weighted by Crippen LogP contribution is 2.24. The van der Waals surface area contributed by atoms with Crippen molar-refractivity contribution in [2.24, 2.45) is 0 Å². The van der Waals surface area contributed by atoms with Crippen molar-refractivity contribution in [2.45, 2.75) is 5.03 Å². The number of nitrogens with one attached hydrogen (secondary N) is 1. The minimum absolute atomic E-state index is 0.112. The summed E-state index contributed by atoms with van der Waals surface area (Å²) in [4.78, 5) is 15.5. The van der Waals surface area contributed by atoms with Gasteiger partial charge in [0.15, 0.2) is 5.78 Å². The van der Waals surface area contributed by atoms with Gasteiger partial charge >= 0.3 is 0 Å². The fourth-order valence-corrected chi connectivity index (χ4v) is 2.97. The molecule has 1 aromatic heterocycles. The minimum Gasteiger partial charge on any atom is -0.497 e. The maximum Gasteiger partial charge on any atom is 0.173 e. The van der Waals surface area contributed by atoms with Crippen molar-refractivity contribution in [1.82, 2.24) is 4.98 Å². The lowest BCUT2D eigenvalue weighted by molar-refractivity contribution is 0.102. The first kappa shape index (κ1) is 13.8. The zero-order valence-electron chi connectivity index (χ0n) is 11.6. The Hall–Kier alpha value is -2.20. The van der Waals surface area contributed by atoms with Crippen molar-refractivity contribution in [2.75, 3.05) is 12.9 Å². The van der Waals surface area contributed by atoms with E-state index >= 15 is 0 Å². The second-order valence-corrected chi connectivity index (χ2v) is 5.68. The van der Waals surface area contributed by atoms with E-state index in [2.05, 4.69) is 17.1 Å². The number of ketones is 1. The summed E-state index contributed by atoms with van der Waals surface area (Å²) < 4.78 is 5.09. The van der Waals surface area contributed by atoms with Gasteiger partial charge in [0.2, 0.25) is 0 Å². The summed E-state index contributed by atoms with van der Waals surface area (Å²) >= 11 is 1.52. The van der Waals surface area contributed by atoms with Crippen LogP contribution in [0.25, 0.3) is 10.9 Å². The molecule has 1 heterocycles. The van der Waals surface area contributed by atoms with Crippen LogP contribution in [0.5, 0.6) is 5.75 Å². The van der Waals surface area contributed by atoms with Gasteiger partial charge in [-0.15, -0.1) is 11.8 Å². The Morgan fingerprint density at radius 1 is 1.14 bits per heavy atom. The summed E-state index contributed by atoms with van der Waals surface area (Å²) in [6, 6.07) is 17.4. The number of carbonyl (C=O) groups excluding carboxylic acids is 1. The molecule has 0 saturated heterocycles. The zero-order valence-corrected chi connectivity index (χ0v) is 12.4. The largest absolute Gasteiger partial charge is 0.497 e. The highest BCUT2D eigenvalue weighted by Gasteiger charge is 2.08. The number of rotatable bonds is 5. The summed E-state index contributed by atoms with van der Waals surface area (Å²) in [5, 5.41) is 2.18. The molecule has 0 spiro atoms. The number of hydrogen-bond acceptors (Lipinski definition) is 3. The normalized spacial score (nSPS) is 10.7. The Morgan fingerprint density at radius 2 is 1.90 bits per heavy atom. The third kappa shape index (κ3) is 3.11. The van der Waals surface area contributed by atoms with Gasteiger partial charge in [-0.3, -0.25) is 4.79 Å². The molecule has 21 heavy (non-hydrogen) atoms. The Kier molecular flexibility index (Phi) is 3.97. The average Bonchev–Trinajstić information content (AvgIpc) is 2.95. The average molecular weight is 297 g/mol. The van der Waals surface area contributed by atoms with Crippen molar-refractivity contribution in [1.29, 1.82) is 0 Å². The topological polar surface area (TPSA) is 42.1 Å². The Bertz CT molecular complexity index is 729. The number of methoxy groups -OCH3 is 1. The van der Waals surface area contributed by atoms with E-state index < -0.39 is 0 Å². The van der Waals surface area contributed by atoms with Crippen LogP contribution in [0.1, 0.15) is 10.4 Å². The highest BCUT2D eigenvalue weighted by atomic mass is 32.2. The first-order chi connectivity index (χ1) is 10.3.